The van der Waals surface area contributed by atoms with Gasteiger partial charge in [-0.3, -0.25) is 4.99 Å². The van der Waals surface area contributed by atoms with E-state index < -0.39 is 21.8 Å². The Balaban J connectivity index is 1.81. The minimum Gasteiger partial charge on any atom is -0.356 e. The predicted octanol–water partition coefficient (Wildman–Crippen LogP) is 2.26. The maximum Gasteiger partial charge on any atom is 0.416 e. The molecular formula is C18H21F3N4O2S. The fourth-order valence-corrected chi connectivity index (χ4v) is 2.90. The Morgan fingerprint density at radius 2 is 1.57 bits per heavy atom. The first-order chi connectivity index (χ1) is 13.1. The van der Waals surface area contributed by atoms with Crippen molar-refractivity contribution in [1.29, 1.82) is 0 Å². The molecule has 2 aromatic carbocycles. The van der Waals surface area contributed by atoms with E-state index in [9.17, 15) is 21.6 Å². The van der Waals surface area contributed by atoms with Crippen LogP contribution in [0, 0.1) is 0 Å². The molecular weight excluding hydrogens is 393 g/mol. The first-order valence-corrected chi connectivity index (χ1v) is 9.86. The summed E-state index contributed by atoms with van der Waals surface area (Å²) >= 11 is 0. The van der Waals surface area contributed by atoms with Crippen molar-refractivity contribution in [2.24, 2.45) is 10.1 Å². The highest BCUT2D eigenvalue weighted by Crippen LogP contribution is 2.29. The molecule has 2 aromatic rings. The summed E-state index contributed by atoms with van der Waals surface area (Å²) in [6.07, 6.45) is -3.73. The Hall–Kier alpha value is -2.59. The van der Waals surface area contributed by atoms with Crippen LogP contribution in [0.4, 0.5) is 13.2 Å². The molecule has 4 N–H and O–H groups in total. The van der Waals surface area contributed by atoms with Crippen LogP contribution < -0.4 is 15.8 Å². The zero-order valence-corrected chi connectivity index (χ0v) is 15.9. The molecule has 6 nitrogen and oxygen atoms in total. The van der Waals surface area contributed by atoms with Crippen molar-refractivity contribution in [1.82, 2.24) is 10.6 Å². The highest BCUT2D eigenvalue weighted by Gasteiger charge is 2.29. The van der Waals surface area contributed by atoms with Gasteiger partial charge >= 0.3 is 6.18 Å². The number of hydrogen-bond donors (Lipinski definition) is 3. The molecule has 0 fully saturated rings. The fraction of sp³-hybridized carbons (Fsp3) is 0.278. The highest BCUT2D eigenvalue weighted by molar-refractivity contribution is 7.89. The lowest BCUT2D eigenvalue weighted by atomic mass is 10.1. The van der Waals surface area contributed by atoms with Crippen molar-refractivity contribution in [3.8, 4) is 0 Å². The van der Waals surface area contributed by atoms with Gasteiger partial charge in [-0.2, -0.15) is 13.2 Å². The third kappa shape index (κ3) is 6.54. The number of primary sulfonamides is 1. The van der Waals surface area contributed by atoms with Crippen molar-refractivity contribution < 1.29 is 21.6 Å². The fourth-order valence-electron chi connectivity index (χ4n) is 2.39. The molecule has 10 heteroatoms. The van der Waals surface area contributed by atoms with Crippen molar-refractivity contribution >= 4 is 16.0 Å². The topological polar surface area (TPSA) is 96.6 Å². The van der Waals surface area contributed by atoms with Crippen LogP contribution in [0.15, 0.2) is 58.4 Å². The molecule has 0 aliphatic carbocycles. The van der Waals surface area contributed by atoms with Crippen LogP contribution in [0.3, 0.4) is 0 Å². The lowest BCUT2D eigenvalue weighted by molar-refractivity contribution is -0.137. The lowest BCUT2D eigenvalue weighted by Gasteiger charge is -2.13. The number of hydrogen-bond acceptors (Lipinski definition) is 3. The number of nitrogens with one attached hydrogen (secondary N) is 2. The first-order valence-electron chi connectivity index (χ1n) is 8.32. The van der Waals surface area contributed by atoms with Crippen molar-refractivity contribution in [3.63, 3.8) is 0 Å². The van der Waals surface area contributed by atoms with E-state index in [1.165, 1.54) is 24.3 Å². The van der Waals surface area contributed by atoms with Gasteiger partial charge in [-0.15, -0.1) is 0 Å². The lowest BCUT2D eigenvalue weighted by Crippen LogP contribution is -2.37. The van der Waals surface area contributed by atoms with Gasteiger partial charge in [0, 0.05) is 20.1 Å². The largest absolute Gasteiger partial charge is 0.416 e. The Bertz CT molecular complexity index is 909. The van der Waals surface area contributed by atoms with Gasteiger partial charge in [-0.05, 0) is 41.8 Å². The smallest absolute Gasteiger partial charge is 0.356 e. The van der Waals surface area contributed by atoms with E-state index in [0.717, 1.165) is 17.7 Å². The number of nitrogens with two attached hydrogens (primary N) is 1. The molecule has 0 saturated carbocycles. The van der Waals surface area contributed by atoms with Crippen LogP contribution >= 0.6 is 0 Å². The van der Waals surface area contributed by atoms with Gasteiger partial charge in [-0.25, -0.2) is 13.6 Å². The summed E-state index contributed by atoms with van der Waals surface area (Å²) in [6.45, 7) is 0.849. The van der Waals surface area contributed by atoms with Gasteiger partial charge in [0.2, 0.25) is 10.0 Å². The third-order valence-electron chi connectivity index (χ3n) is 3.92. The van der Waals surface area contributed by atoms with Crippen LogP contribution in [0.5, 0.6) is 0 Å². The second-order valence-electron chi connectivity index (χ2n) is 5.99. The molecule has 0 spiro atoms. The number of nitrogens with zero attached hydrogens (tertiary/aromatic N) is 1. The zero-order chi connectivity index (χ0) is 20.8. The summed E-state index contributed by atoms with van der Waals surface area (Å²) in [6, 6.07) is 11.2. The monoisotopic (exact) mass is 414 g/mol. The second-order valence-corrected chi connectivity index (χ2v) is 7.55. The highest BCUT2D eigenvalue weighted by atomic mass is 32.2. The van der Waals surface area contributed by atoms with Crippen LogP contribution in [-0.4, -0.2) is 28.0 Å². The van der Waals surface area contributed by atoms with Gasteiger partial charge in [0.15, 0.2) is 5.96 Å². The van der Waals surface area contributed by atoms with Crippen molar-refractivity contribution in [3.05, 3.63) is 65.2 Å². The standard InChI is InChI=1S/C18H21F3N4O2S/c1-23-17(25-12-14-2-6-15(7-3-14)18(19,20)21)24-11-10-13-4-8-16(9-5-13)28(22,26)27/h2-9H,10-12H2,1H3,(H2,22,26,27)(H2,23,24,25). The van der Waals surface area contributed by atoms with Gasteiger partial charge in [-0.1, -0.05) is 24.3 Å². The van der Waals surface area contributed by atoms with Gasteiger partial charge < -0.3 is 10.6 Å². The normalized spacial score (nSPS) is 12.7. The molecule has 0 bridgehead atoms. The number of aliphatic imine (C=N–C) groups is 1. The minimum atomic E-state index is -4.35. The number of halogens is 3. The van der Waals surface area contributed by atoms with E-state index in [1.54, 1.807) is 19.2 Å². The molecule has 0 heterocycles. The molecule has 0 aliphatic rings. The average Bonchev–Trinajstić information content (AvgIpc) is 2.64. The maximum absolute atomic E-state index is 12.6. The molecule has 0 atom stereocenters. The predicted molar refractivity (Wildman–Crippen MR) is 101 cm³/mol. The van der Waals surface area contributed by atoms with Crippen LogP contribution in [0.25, 0.3) is 0 Å². The Morgan fingerprint density at radius 1 is 1.00 bits per heavy atom. The summed E-state index contributed by atoms with van der Waals surface area (Å²) in [5.41, 5.74) is 0.917. The number of guanidine groups is 1. The quantitative estimate of drug-likeness (QED) is 0.499. The first kappa shape index (κ1) is 21.7. The number of benzene rings is 2. The van der Waals surface area contributed by atoms with Gasteiger partial charge in [0.1, 0.15) is 0 Å². The van der Waals surface area contributed by atoms with E-state index in [-0.39, 0.29) is 4.90 Å². The molecule has 0 aromatic heterocycles. The molecule has 0 radical (unpaired) electrons. The van der Waals surface area contributed by atoms with E-state index in [1.807, 2.05) is 0 Å². The summed E-state index contributed by atoms with van der Waals surface area (Å²) in [5, 5.41) is 11.2. The summed E-state index contributed by atoms with van der Waals surface area (Å²) in [5.74, 6) is 0.501. The molecule has 0 amide bonds. The SMILES string of the molecule is CN=C(NCCc1ccc(S(N)(=O)=O)cc1)NCc1ccc(C(F)(F)F)cc1. The third-order valence-corrected chi connectivity index (χ3v) is 4.85. The number of rotatable bonds is 6. The molecule has 2 rings (SSSR count). The van der Waals surface area contributed by atoms with Crippen molar-refractivity contribution in [2.75, 3.05) is 13.6 Å². The molecule has 0 aliphatic heterocycles. The number of sulfonamides is 1. The molecule has 0 unspecified atom stereocenters. The van der Waals surface area contributed by atoms with Crippen molar-refractivity contribution in [2.45, 2.75) is 24.0 Å². The molecule has 28 heavy (non-hydrogen) atoms. The van der Waals surface area contributed by atoms with Gasteiger partial charge in [0.05, 0.1) is 10.5 Å². The summed E-state index contributed by atoms with van der Waals surface area (Å²) < 4.78 is 60.2. The Kier molecular flexibility index (Phi) is 7.03. The van der Waals surface area contributed by atoms with E-state index in [2.05, 4.69) is 15.6 Å². The zero-order valence-electron chi connectivity index (χ0n) is 15.1. The summed E-state index contributed by atoms with van der Waals surface area (Å²) in [7, 11) is -2.12. The van der Waals surface area contributed by atoms with Gasteiger partial charge in [0.25, 0.3) is 0 Å². The van der Waals surface area contributed by atoms with E-state index in [0.29, 0.717) is 31.0 Å². The second kappa shape index (κ2) is 9.07. The average molecular weight is 414 g/mol. The minimum absolute atomic E-state index is 0.0539. The number of alkyl halides is 3. The Morgan fingerprint density at radius 3 is 2.07 bits per heavy atom. The molecule has 0 saturated heterocycles. The van der Waals surface area contributed by atoms with Crippen LogP contribution in [0.1, 0.15) is 16.7 Å². The Labute approximate surface area is 161 Å². The van der Waals surface area contributed by atoms with E-state index in [4.69, 9.17) is 5.14 Å². The summed E-state index contributed by atoms with van der Waals surface area (Å²) in [4.78, 5) is 4.11. The van der Waals surface area contributed by atoms with Crippen LogP contribution in [0.2, 0.25) is 0 Å². The maximum atomic E-state index is 12.6. The van der Waals surface area contributed by atoms with E-state index >= 15 is 0 Å². The molecule has 152 valence electrons. The van der Waals surface area contributed by atoms with Crippen LogP contribution in [-0.2, 0) is 29.2 Å².